The molecular formula is C22H25F3N6O2. The molecule has 3 aromatic heterocycles. The van der Waals surface area contributed by atoms with E-state index < -0.39 is 18.2 Å². The first-order valence-electron chi connectivity index (χ1n) is 11.3. The minimum absolute atomic E-state index is 0.105. The van der Waals surface area contributed by atoms with Gasteiger partial charge in [-0.3, -0.25) is 0 Å². The molecule has 0 amide bonds. The molecule has 2 aliphatic carbocycles. The second-order valence-electron chi connectivity index (χ2n) is 9.62. The van der Waals surface area contributed by atoms with Crippen LogP contribution < -0.4 is 15.0 Å². The van der Waals surface area contributed by atoms with Crippen molar-refractivity contribution in [2.75, 3.05) is 29.9 Å². The maximum Gasteiger partial charge on any atom is 0.397 e. The van der Waals surface area contributed by atoms with E-state index in [2.05, 4.69) is 25.5 Å². The molecule has 0 radical (unpaired) electrons. The molecule has 0 spiro atoms. The summed E-state index contributed by atoms with van der Waals surface area (Å²) in [6.45, 7) is 3.25. The van der Waals surface area contributed by atoms with Crippen LogP contribution in [0.2, 0.25) is 0 Å². The van der Waals surface area contributed by atoms with Crippen LogP contribution in [-0.4, -0.2) is 51.7 Å². The van der Waals surface area contributed by atoms with E-state index in [4.69, 9.17) is 9.26 Å². The molecule has 0 unspecified atom stereocenters. The summed E-state index contributed by atoms with van der Waals surface area (Å²) in [5, 5.41) is 12.0. The first-order chi connectivity index (χ1) is 15.8. The summed E-state index contributed by atoms with van der Waals surface area (Å²) >= 11 is 0. The standard InChI is InChI=1S/C22H25F3N6O2/c1-13-9-17(33-29-13)30-10-14-4-5-15(11-30)18(14)26-20-27-19-16(3-2-8-31(19)28-20)32-12-21(6-7-21)22(23,24)25/h2-3,8-9,14-15,18H,4-7,10-12H2,1H3,(H,26,28)/t14-,15+,18-. The molecule has 4 heterocycles. The van der Waals surface area contributed by atoms with Gasteiger partial charge >= 0.3 is 6.18 Å². The zero-order valence-corrected chi connectivity index (χ0v) is 18.2. The molecule has 6 rings (SSSR count). The summed E-state index contributed by atoms with van der Waals surface area (Å²) in [5.74, 6) is 2.42. The van der Waals surface area contributed by atoms with Gasteiger partial charge in [-0.15, -0.1) is 5.10 Å². The number of nitrogens with zero attached hydrogens (tertiary/aromatic N) is 5. The number of alkyl halides is 3. The first kappa shape index (κ1) is 20.6. The molecule has 3 aromatic rings. The molecule has 1 aliphatic heterocycles. The van der Waals surface area contributed by atoms with E-state index in [1.54, 1.807) is 22.8 Å². The minimum atomic E-state index is -4.25. The van der Waals surface area contributed by atoms with E-state index in [9.17, 15) is 13.2 Å². The Hall–Kier alpha value is -2.98. The lowest BCUT2D eigenvalue weighted by atomic mass is 9.92. The van der Waals surface area contributed by atoms with Crippen LogP contribution in [0.4, 0.5) is 25.0 Å². The van der Waals surface area contributed by atoms with Gasteiger partial charge in [0.2, 0.25) is 11.8 Å². The van der Waals surface area contributed by atoms with Crippen LogP contribution in [0.15, 0.2) is 28.9 Å². The van der Waals surface area contributed by atoms with Crippen molar-refractivity contribution in [1.82, 2.24) is 19.8 Å². The zero-order valence-electron chi connectivity index (χ0n) is 18.2. The van der Waals surface area contributed by atoms with Crippen LogP contribution in [0, 0.1) is 24.2 Å². The fourth-order valence-corrected chi connectivity index (χ4v) is 5.22. The van der Waals surface area contributed by atoms with E-state index in [0.717, 1.165) is 37.5 Å². The van der Waals surface area contributed by atoms with Crippen molar-refractivity contribution < 1.29 is 22.4 Å². The fraction of sp³-hybridized carbons (Fsp3) is 0.591. The Morgan fingerprint density at radius 3 is 2.64 bits per heavy atom. The minimum Gasteiger partial charge on any atom is -0.489 e. The third-order valence-corrected chi connectivity index (χ3v) is 7.34. The maximum absolute atomic E-state index is 13.3. The molecule has 11 heteroatoms. The highest BCUT2D eigenvalue weighted by Gasteiger charge is 2.64. The number of hydrogen-bond acceptors (Lipinski definition) is 7. The highest BCUT2D eigenvalue weighted by Crippen LogP contribution is 2.57. The number of nitrogens with one attached hydrogen (secondary N) is 1. The third-order valence-electron chi connectivity index (χ3n) is 7.34. The summed E-state index contributed by atoms with van der Waals surface area (Å²) in [7, 11) is 0. The van der Waals surface area contributed by atoms with Gasteiger partial charge in [-0.25, -0.2) is 4.52 Å². The topological polar surface area (TPSA) is 80.7 Å². The SMILES string of the molecule is Cc1cc(N2C[C@H]3CC[C@@H](C2)[C@@H]3Nc2nc3c(OCC4(C(F)(F)F)CC4)cccn3n2)on1. The van der Waals surface area contributed by atoms with Gasteiger partial charge in [0.15, 0.2) is 11.4 Å². The number of rotatable bonds is 6. The Morgan fingerprint density at radius 1 is 1.24 bits per heavy atom. The number of fused-ring (bicyclic) bond motifs is 3. The number of aryl methyl sites for hydroxylation is 1. The number of anilines is 2. The van der Waals surface area contributed by atoms with Crippen LogP contribution >= 0.6 is 0 Å². The van der Waals surface area contributed by atoms with E-state index in [0.29, 0.717) is 29.2 Å². The van der Waals surface area contributed by atoms with Gasteiger partial charge in [0.05, 0.1) is 5.69 Å². The summed E-state index contributed by atoms with van der Waals surface area (Å²) in [6.07, 6.45) is -0.111. The van der Waals surface area contributed by atoms with Crippen molar-refractivity contribution in [1.29, 1.82) is 0 Å². The van der Waals surface area contributed by atoms with E-state index >= 15 is 0 Å². The average Bonchev–Trinajstić information content (AvgIpc) is 3.20. The molecule has 2 bridgehead atoms. The number of ether oxygens (including phenoxy) is 1. The van der Waals surface area contributed by atoms with Gasteiger partial charge < -0.3 is 19.5 Å². The van der Waals surface area contributed by atoms with Gasteiger partial charge in [-0.1, -0.05) is 5.16 Å². The molecular weight excluding hydrogens is 437 g/mol. The molecule has 0 aromatic carbocycles. The quantitative estimate of drug-likeness (QED) is 0.591. The molecule has 33 heavy (non-hydrogen) atoms. The molecule has 8 nitrogen and oxygen atoms in total. The summed E-state index contributed by atoms with van der Waals surface area (Å²) in [6, 6.07) is 5.53. The van der Waals surface area contributed by atoms with Gasteiger partial charge in [0.1, 0.15) is 12.0 Å². The van der Waals surface area contributed by atoms with Gasteiger partial charge in [-0.05, 0) is 56.6 Å². The normalized spacial score (nSPS) is 26.1. The zero-order chi connectivity index (χ0) is 22.8. The highest BCUT2D eigenvalue weighted by atomic mass is 19.4. The van der Waals surface area contributed by atoms with E-state index in [1.807, 2.05) is 13.0 Å². The maximum atomic E-state index is 13.3. The van der Waals surface area contributed by atoms with Crippen LogP contribution in [0.5, 0.6) is 5.75 Å². The Balaban J connectivity index is 1.17. The second-order valence-corrected chi connectivity index (χ2v) is 9.62. The van der Waals surface area contributed by atoms with Gasteiger partial charge in [0.25, 0.3) is 0 Å². The number of aromatic nitrogens is 4. The van der Waals surface area contributed by atoms with Crippen molar-refractivity contribution in [3.63, 3.8) is 0 Å². The summed E-state index contributed by atoms with van der Waals surface area (Å²) in [4.78, 5) is 6.81. The van der Waals surface area contributed by atoms with E-state index in [1.165, 1.54) is 0 Å². The Bertz CT molecular complexity index is 1160. The van der Waals surface area contributed by atoms with Crippen molar-refractivity contribution in [3.05, 3.63) is 30.1 Å². The number of piperidine rings is 1. The van der Waals surface area contributed by atoms with Crippen molar-refractivity contribution in [2.45, 2.75) is 44.8 Å². The molecule has 3 fully saturated rings. The van der Waals surface area contributed by atoms with Crippen LogP contribution in [0.1, 0.15) is 31.4 Å². The van der Waals surface area contributed by atoms with E-state index in [-0.39, 0.29) is 18.9 Å². The molecule has 1 N–H and O–H groups in total. The predicted molar refractivity (Wildman–Crippen MR) is 113 cm³/mol. The smallest absolute Gasteiger partial charge is 0.397 e. The predicted octanol–water partition coefficient (Wildman–Crippen LogP) is 4.07. The molecule has 3 atom stereocenters. The van der Waals surface area contributed by atoms with Crippen LogP contribution in [-0.2, 0) is 0 Å². The fourth-order valence-electron chi connectivity index (χ4n) is 5.22. The second kappa shape index (κ2) is 7.26. The Kier molecular flexibility index (Phi) is 4.54. The molecule has 3 aliphatic rings. The Morgan fingerprint density at radius 2 is 2.00 bits per heavy atom. The summed E-state index contributed by atoms with van der Waals surface area (Å²) in [5.41, 5.74) is -0.442. The first-order valence-corrected chi connectivity index (χ1v) is 11.3. The number of pyridine rings is 1. The van der Waals surface area contributed by atoms with Gasteiger partial charge in [0, 0.05) is 31.4 Å². The van der Waals surface area contributed by atoms with Crippen molar-refractivity contribution >= 4 is 17.5 Å². The largest absolute Gasteiger partial charge is 0.489 e. The Labute approximate surface area is 188 Å². The average molecular weight is 462 g/mol. The summed E-state index contributed by atoms with van der Waals surface area (Å²) < 4.78 is 52.4. The molecule has 1 saturated heterocycles. The third kappa shape index (κ3) is 3.57. The van der Waals surface area contributed by atoms with Crippen LogP contribution in [0.25, 0.3) is 5.65 Å². The lowest BCUT2D eigenvalue weighted by molar-refractivity contribution is -0.194. The lowest BCUT2D eigenvalue weighted by Crippen LogP contribution is -2.48. The number of hydrogen-bond donors (Lipinski definition) is 1. The van der Waals surface area contributed by atoms with Crippen LogP contribution in [0.3, 0.4) is 0 Å². The number of halogens is 3. The van der Waals surface area contributed by atoms with Gasteiger partial charge in [-0.2, -0.15) is 18.2 Å². The molecule has 176 valence electrons. The van der Waals surface area contributed by atoms with Crippen molar-refractivity contribution in [3.8, 4) is 5.75 Å². The van der Waals surface area contributed by atoms with Crippen molar-refractivity contribution in [2.24, 2.45) is 17.3 Å². The monoisotopic (exact) mass is 462 g/mol. The lowest BCUT2D eigenvalue weighted by Gasteiger charge is -2.37. The molecule has 2 saturated carbocycles. The highest BCUT2D eigenvalue weighted by molar-refractivity contribution is 5.56.